The fourth-order valence-corrected chi connectivity index (χ4v) is 1.55. The molecule has 1 heterocycles. The van der Waals surface area contributed by atoms with Crippen molar-refractivity contribution in [3.63, 3.8) is 0 Å². The van der Waals surface area contributed by atoms with E-state index in [2.05, 4.69) is 10.3 Å². The first-order chi connectivity index (χ1) is 8.56. The summed E-state index contributed by atoms with van der Waals surface area (Å²) in [5, 5.41) is 3.02. The van der Waals surface area contributed by atoms with Gasteiger partial charge in [0.05, 0.1) is 0 Å². The molecule has 1 aromatic carbocycles. The number of aromatic nitrogens is 2. The highest BCUT2D eigenvalue weighted by atomic mass is 16.2. The molecule has 1 aromatic heterocycles. The first-order valence-electron chi connectivity index (χ1n) is 5.66. The van der Waals surface area contributed by atoms with E-state index in [4.69, 9.17) is 0 Å². The zero-order chi connectivity index (χ0) is 13.1. The summed E-state index contributed by atoms with van der Waals surface area (Å²) in [5.74, 6) is 0.434. The van der Waals surface area contributed by atoms with E-state index >= 15 is 0 Å². The van der Waals surface area contributed by atoms with Crippen molar-refractivity contribution < 1.29 is 0 Å². The molecular weight excluding hydrogens is 230 g/mol. The van der Waals surface area contributed by atoms with Crippen molar-refractivity contribution in [1.29, 1.82) is 0 Å². The van der Waals surface area contributed by atoms with Gasteiger partial charge in [-0.1, -0.05) is 29.8 Å². The number of benzene rings is 1. The summed E-state index contributed by atoms with van der Waals surface area (Å²) in [6.07, 6.45) is 0. The van der Waals surface area contributed by atoms with Gasteiger partial charge in [-0.15, -0.1) is 0 Å². The van der Waals surface area contributed by atoms with Crippen LogP contribution in [0.15, 0.2) is 39.9 Å². The highest BCUT2D eigenvalue weighted by Crippen LogP contribution is 2.05. The largest absolute Gasteiger partial charge is 0.367 e. The number of H-pyrrole nitrogens is 1. The van der Waals surface area contributed by atoms with Gasteiger partial charge in [0.1, 0.15) is 5.82 Å². The Labute approximate surface area is 104 Å². The van der Waals surface area contributed by atoms with Crippen LogP contribution in [0, 0.1) is 6.92 Å². The van der Waals surface area contributed by atoms with E-state index in [0.717, 1.165) is 10.1 Å². The van der Waals surface area contributed by atoms with Crippen LogP contribution in [0.4, 0.5) is 5.82 Å². The summed E-state index contributed by atoms with van der Waals surface area (Å²) in [5.41, 5.74) is 1.53. The second-order valence-corrected chi connectivity index (χ2v) is 4.22. The van der Waals surface area contributed by atoms with E-state index in [-0.39, 0.29) is 5.56 Å². The number of anilines is 1. The van der Waals surface area contributed by atoms with Crippen LogP contribution in [-0.2, 0) is 13.6 Å². The lowest BCUT2D eigenvalue weighted by Gasteiger charge is -2.06. The van der Waals surface area contributed by atoms with Crippen molar-refractivity contribution >= 4 is 5.82 Å². The lowest BCUT2D eigenvalue weighted by molar-refractivity contribution is 0.776. The van der Waals surface area contributed by atoms with Gasteiger partial charge in [0, 0.05) is 19.7 Å². The van der Waals surface area contributed by atoms with Crippen LogP contribution in [0.25, 0.3) is 0 Å². The number of rotatable bonds is 3. The Balaban J connectivity index is 2.13. The zero-order valence-electron chi connectivity index (χ0n) is 10.4. The maximum Gasteiger partial charge on any atom is 0.329 e. The third kappa shape index (κ3) is 2.68. The van der Waals surface area contributed by atoms with E-state index in [1.165, 1.54) is 18.7 Å². The molecule has 0 atom stereocenters. The summed E-state index contributed by atoms with van der Waals surface area (Å²) in [7, 11) is 1.44. The van der Waals surface area contributed by atoms with Gasteiger partial charge in [0.2, 0.25) is 0 Å². The molecule has 0 aliphatic heterocycles. The summed E-state index contributed by atoms with van der Waals surface area (Å²) >= 11 is 0. The van der Waals surface area contributed by atoms with Crippen molar-refractivity contribution in [1.82, 2.24) is 9.55 Å². The molecule has 0 aliphatic rings. The van der Waals surface area contributed by atoms with Crippen molar-refractivity contribution in [2.24, 2.45) is 7.05 Å². The molecule has 2 N–H and O–H groups in total. The number of hydrogen-bond donors (Lipinski definition) is 2. The van der Waals surface area contributed by atoms with Crippen LogP contribution < -0.4 is 16.6 Å². The lowest BCUT2D eigenvalue weighted by atomic mass is 10.1. The van der Waals surface area contributed by atoms with E-state index in [1.807, 2.05) is 31.2 Å². The second-order valence-electron chi connectivity index (χ2n) is 4.22. The van der Waals surface area contributed by atoms with Gasteiger partial charge >= 0.3 is 5.69 Å². The molecule has 0 spiro atoms. The van der Waals surface area contributed by atoms with E-state index in [0.29, 0.717) is 12.4 Å². The molecule has 0 amide bonds. The Morgan fingerprint density at radius 2 is 1.89 bits per heavy atom. The normalized spacial score (nSPS) is 10.3. The van der Waals surface area contributed by atoms with Gasteiger partial charge in [-0.05, 0) is 12.5 Å². The predicted molar refractivity (Wildman–Crippen MR) is 70.8 cm³/mol. The van der Waals surface area contributed by atoms with Gasteiger partial charge in [0.15, 0.2) is 0 Å². The summed E-state index contributed by atoms with van der Waals surface area (Å²) in [6, 6.07) is 9.41. The first kappa shape index (κ1) is 12.2. The smallest absolute Gasteiger partial charge is 0.329 e. The van der Waals surface area contributed by atoms with Gasteiger partial charge in [-0.25, -0.2) is 4.79 Å². The Bertz CT molecular complexity index is 622. The standard InChI is InChI=1S/C13H15N3O2/c1-9-3-5-10(6-4-9)8-14-11-7-12(17)16(2)13(18)15-11/h3-7,14H,8H2,1-2H3,(H,15,18). The number of nitrogens with one attached hydrogen (secondary N) is 2. The van der Waals surface area contributed by atoms with Crippen LogP contribution in [0.1, 0.15) is 11.1 Å². The molecule has 0 saturated heterocycles. The average Bonchev–Trinajstić information content (AvgIpc) is 2.35. The maximum absolute atomic E-state index is 11.4. The highest BCUT2D eigenvalue weighted by Gasteiger charge is 2.00. The van der Waals surface area contributed by atoms with Crippen LogP contribution in [0.2, 0.25) is 0 Å². The molecule has 0 bridgehead atoms. The highest BCUT2D eigenvalue weighted by molar-refractivity contribution is 5.34. The van der Waals surface area contributed by atoms with Crippen molar-refractivity contribution in [2.45, 2.75) is 13.5 Å². The van der Waals surface area contributed by atoms with Crippen molar-refractivity contribution in [2.75, 3.05) is 5.32 Å². The molecule has 94 valence electrons. The molecule has 0 fully saturated rings. The van der Waals surface area contributed by atoms with E-state index in [1.54, 1.807) is 0 Å². The Morgan fingerprint density at radius 1 is 1.22 bits per heavy atom. The predicted octanol–water partition coefficient (Wildman–Crippen LogP) is 0.994. The van der Waals surface area contributed by atoms with Gasteiger partial charge in [-0.3, -0.25) is 14.3 Å². The quantitative estimate of drug-likeness (QED) is 0.847. The monoisotopic (exact) mass is 245 g/mol. The maximum atomic E-state index is 11.4. The summed E-state index contributed by atoms with van der Waals surface area (Å²) < 4.78 is 1.02. The fraction of sp³-hybridized carbons (Fsp3) is 0.231. The van der Waals surface area contributed by atoms with Gasteiger partial charge in [-0.2, -0.15) is 0 Å². The average molecular weight is 245 g/mol. The topological polar surface area (TPSA) is 66.9 Å². The van der Waals surface area contributed by atoms with Crippen LogP contribution in [0.5, 0.6) is 0 Å². The van der Waals surface area contributed by atoms with E-state index in [9.17, 15) is 9.59 Å². The Kier molecular flexibility index (Phi) is 3.32. The molecule has 5 heteroatoms. The van der Waals surface area contributed by atoms with Crippen LogP contribution in [-0.4, -0.2) is 9.55 Å². The summed E-state index contributed by atoms with van der Waals surface area (Å²) in [6.45, 7) is 2.58. The fourth-order valence-electron chi connectivity index (χ4n) is 1.55. The van der Waals surface area contributed by atoms with Crippen LogP contribution in [0.3, 0.4) is 0 Å². The second kappa shape index (κ2) is 4.91. The van der Waals surface area contributed by atoms with Crippen molar-refractivity contribution in [3.05, 3.63) is 62.3 Å². The molecule has 0 unspecified atom stereocenters. The first-order valence-corrected chi connectivity index (χ1v) is 5.66. The molecule has 0 saturated carbocycles. The SMILES string of the molecule is Cc1ccc(CNc2cc(=O)n(C)c(=O)[nH]2)cc1. The zero-order valence-corrected chi connectivity index (χ0v) is 10.4. The van der Waals surface area contributed by atoms with Gasteiger partial charge in [0.25, 0.3) is 5.56 Å². The lowest BCUT2D eigenvalue weighted by Crippen LogP contribution is -2.32. The summed E-state index contributed by atoms with van der Waals surface area (Å²) in [4.78, 5) is 25.4. The van der Waals surface area contributed by atoms with Crippen LogP contribution >= 0.6 is 0 Å². The third-order valence-corrected chi connectivity index (χ3v) is 2.75. The minimum Gasteiger partial charge on any atom is -0.367 e. The molecule has 5 nitrogen and oxygen atoms in total. The molecule has 0 radical (unpaired) electrons. The third-order valence-electron chi connectivity index (χ3n) is 2.75. The van der Waals surface area contributed by atoms with Crippen molar-refractivity contribution in [3.8, 4) is 0 Å². The number of aromatic amines is 1. The van der Waals surface area contributed by atoms with Gasteiger partial charge < -0.3 is 5.32 Å². The number of nitrogens with zero attached hydrogens (tertiary/aromatic N) is 1. The van der Waals surface area contributed by atoms with E-state index < -0.39 is 5.69 Å². The minimum atomic E-state index is -0.422. The number of hydrogen-bond acceptors (Lipinski definition) is 3. The molecule has 18 heavy (non-hydrogen) atoms. The molecular formula is C13H15N3O2. The molecule has 0 aliphatic carbocycles. The molecule has 2 aromatic rings. The Hall–Kier alpha value is -2.30. The number of aryl methyl sites for hydroxylation is 1. The Morgan fingerprint density at radius 3 is 2.50 bits per heavy atom. The minimum absolute atomic E-state index is 0.329. The molecule has 2 rings (SSSR count).